The van der Waals surface area contributed by atoms with Gasteiger partial charge in [0.15, 0.2) is 6.61 Å². The molecule has 3 amide bonds. The van der Waals surface area contributed by atoms with Crippen LogP contribution in [-0.2, 0) is 4.79 Å². The maximum absolute atomic E-state index is 13.0. The molecule has 3 aromatic carbocycles. The van der Waals surface area contributed by atoms with Gasteiger partial charge in [0.1, 0.15) is 11.5 Å². The Morgan fingerprint density at radius 2 is 1.47 bits per heavy atom. The molecule has 0 radical (unpaired) electrons. The predicted molar refractivity (Wildman–Crippen MR) is 136 cm³/mol. The zero-order valence-electron chi connectivity index (χ0n) is 20.7. The molecule has 2 saturated heterocycles. The number of rotatable bonds is 5. The molecule has 0 saturated carbocycles. The lowest BCUT2D eigenvalue weighted by molar-refractivity contribution is -0.274. The van der Waals surface area contributed by atoms with E-state index in [9.17, 15) is 22.8 Å². The Morgan fingerprint density at radius 1 is 0.842 bits per heavy atom. The van der Waals surface area contributed by atoms with E-state index in [1.54, 1.807) is 4.90 Å². The van der Waals surface area contributed by atoms with Crippen LogP contribution in [0.25, 0.3) is 10.8 Å². The number of hydrogen-bond donors (Lipinski definition) is 1. The van der Waals surface area contributed by atoms with Gasteiger partial charge in [0, 0.05) is 31.6 Å². The summed E-state index contributed by atoms with van der Waals surface area (Å²) < 4.78 is 46.2. The van der Waals surface area contributed by atoms with Crippen LogP contribution in [0.5, 0.6) is 11.5 Å². The van der Waals surface area contributed by atoms with Crippen molar-refractivity contribution in [2.75, 3.05) is 38.1 Å². The fourth-order valence-electron chi connectivity index (χ4n) is 5.24. The number of nitrogens with one attached hydrogen (secondary N) is 1. The highest BCUT2D eigenvalue weighted by atomic mass is 19.4. The first-order valence-corrected chi connectivity index (χ1v) is 12.5. The molecule has 1 spiro atoms. The average Bonchev–Trinajstić information content (AvgIpc) is 3.31. The van der Waals surface area contributed by atoms with Crippen LogP contribution >= 0.6 is 0 Å². The predicted octanol–water partition coefficient (Wildman–Crippen LogP) is 5.66. The number of hydrogen-bond acceptors (Lipinski definition) is 4. The number of ether oxygens (including phenoxy) is 2. The lowest BCUT2D eigenvalue weighted by Gasteiger charge is -2.39. The maximum Gasteiger partial charge on any atom is 0.573 e. The van der Waals surface area contributed by atoms with Crippen molar-refractivity contribution in [1.82, 2.24) is 9.80 Å². The van der Waals surface area contributed by atoms with E-state index in [0.29, 0.717) is 26.2 Å². The zero-order valence-corrected chi connectivity index (χ0v) is 20.7. The first-order chi connectivity index (χ1) is 18.2. The average molecular weight is 528 g/mol. The number of likely N-dealkylation sites (tertiary alicyclic amines) is 2. The van der Waals surface area contributed by atoms with Gasteiger partial charge in [0.05, 0.1) is 5.69 Å². The summed E-state index contributed by atoms with van der Waals surface area (Å²) >= 11 is 0. The minimum Gasteiger partial charge on any atom is -0.484 e. The molecule has 0 aromatic heterocycles. The molecule has 2 aliphatic rings. The lowest BCUT2D eigenvalue weighted by Crippen LogP contribution is -2.46. The highest BCUT2D eigenvalue weighted by Gasteiger charge is 2.42. The Balaban J connectivity index is 1.09. The maximum atomic E-state index is 13.0. The molecule has 38 heavy (non-hydrogen) atoms. The first-order valence-electron chi connectivity index (χ1n) is 12.5. The molecule has 5 rings (SSSR count). The fourth-order valence-corrected chi connectivity index (χ4v) is 5.24. The molecule has 7 nitrogen and oxygen atoms in total. The van der Waals surface area contributed by atoms with E-state index in [1.807, 2.05) is 47.4 Å². The quantitative estimate of drug-likeness (QED) is 0.465. The van der Waals surface area contributed by atoms with Gasteiger partial charge >= 0.3 is 12.4 Å². The summed E-state index contributed by atoms with van der Waals surface area (Å²) in [5.41, 5.74) is 0.760. The molecule has 10 heteroatoms. The van der Waals surface area contributed by atoms with Gasteiger partial charge in [-0.15, -0.1) is 13.2 Å². The van der Waals surface area contributed by atoms with Crippen molar-refractivity contribution < 1.29 is 32.2 Å². The summed E-state index contributed by atoms with van der Waals surface area (Å²) in [6.45, 7) is 2.24. The minimum absolute atomic E-state index is 0.0253. The summed E-state index contributed by atoms with van der Waals surface area (Å²) in [5.74, 6) is -0.240. The molecule has 0 unspecified atom stereocenters. The summed E-state index contributed by atoms with van der Waals surface area (Å²) in [6.07, 6.45) is -2.29. The van der Waals surface area contributed by atoms with Gasteiger partial charge in [0.2, 0.25) is 0 Å². The summed E-state index contributed by atoms with van der Waals surface area (Å²) in [7, 11) is 0. The van der Waals surface area contributed by atoms with Crippen LogP contribution in [0.15, 0.2) is 66.7 Å². The Kier molecular flexibility index (Phi) is 7.05. The van der Waals surface area contributed by atoms with Gasteiger partial charge in [-0.1, -0.05) is 36.4 Å². The Morgan fingerprint density at radius 3 is 2.18 bits per heavy atom. The van der Waals surface area contributed by atoms with Crippen LogP contribution in [0.4, 0.5) is 23.7 Å². The van der Waals surface area contributed by atoms with Gasteiger partial charge in [-0.05, 0) is 60.4 Å². The Hall–Kier alpha value is -3.95. The summed E-state index contributed by atoms with van der Waals surface area (Å²) in [4.78, 5) is 29.3. The smallest absolute Gasteiger partial charge is 0.484 e. The third kappa shape index (κ3) is 5.95. The van der Waals surface area contributed by atoms with Crippen LogP contribution in [0.3, 0.4) is 0 Å². The van der Waals surface area contributed by atoms with E-state index in [0.717, 1.165) is 47.9 Å². The van der Waals surface area contributed by atoms with E-state index in [1.165, 1.54) is 12.1 Å². The van der Waals surface area contributed by atoms with Gasteiger partial charge in [-0.25, -0.2) is 4.79 Å². The van der Waals surface area contributed by atoms with Crippen molar-refractivity contribution in [2.24, 2.45) is 5.41 Å². The normalized spacial score (nSPS) is 17.0. The van der Waals surface area contributed by atoms with Crippen molar-refractivity contribution in [3.63, 3.8) is 0 Å². The van der Waals surface area contributed by atoms with Crippen molar-refractivity contribution in [3.05, 3.63) is 66.7 Å². The van der Waals surface area contributed by atoms with E-state index in [4.69, 9.17) is 4.74 Å². The van der Waals surface area contributed by atoms with Gasteiger partial charge < -0.3 is 24.6 Å². The SMILES string of the molecule is O=C(COc1ccc(OC(F)(F)F)cc1)N1CCC2(CCN(C(=O)Nc3cccc4ccccc34)CC2)C1. The van der Waals surface area contributed by atoms with E-state index < -0.39 is 6.36 Å². The van der Waals surface area contributed by atoms with Crippen molar-refractivity contribution >= 4 is 28.4 Å². The van der Waals surface area contributed by atoms with E-state index >= 15 is 0 Å². The molecule has 2 fully saturated rings. The first kappa shape index (κ1) is 25.7. The molecular formula is C28H28F3N3O4. The number of amides is 3. The molecule has 0 atom stereocenters. The highest BCUT2D eigenvalue weighted by molar-refractivity contribution is 6.01. The van der Waals surface area contributed by atoms with Crippen LogP contribution in [-0.4, -0.2) is 60.9 Å². The van der Waals surface area contributed by atoms with Crippen LogP contribution < -0.4 is 14.8 Å². The number of carbonyl (C=O) groups is 2. The van der Waals surface area contributed by atoms with Crippen LogP contribution in [0, 0.1) is 5.41 Å². The second-order valence-corrected chi connectivity index (χ2v) is 9.82. The molecule has 0 aliphatic carbocycles. The number of benzene rings is 3. The topological polar surface area (TPSA) is 71.1 Å². The summed E-state index contributed by atoms with van der Waals surface area (Å²) in [5, 5.41) is 5.11. The van der Waals surface area contributed by atoms with E-state index in [2.05, 4.69) is 10.1 Å². The number of nitrogens with zero attached hydrogens (tertiary/aromatic N) is 2. The highest BCUT2D eigenvalue weighted by Crippen LogP contribution is 2.40. The number of fused-ring (bicyclic) bond motifs is 1. The molecule has 1 N–H and O–H groups in total. The molecule has 2 heterocycles. The number of piperidine rings is 1. The number of urea groups is 1. The standard InChI is InChI=1S/C28H28F3N3O4/c29-28(30,31)38-22-10-8-21(9-11-22)37-18-25(35)34-17-14-27(19-34)12-15-33(16-13-27)26(36)32-24-7-3-5-20-4-1-2-6-23(20)24/h1-11H,12-19H2,(H,32,36). The molecule has 2 aliphatic heterocycles. The van der Waals surface area contributed by atoms with Gasteiger partial charge in [0.25, 0.3) is 5.91 Å². The summed E-state index contributed by atoms with van der Waals surface area (Å²) in [6, 6.07) is 18.6. The van der Waals surface area contributed by atoms with Crippen LogP contribution in [0.2, 0.25) is 0 Å². The van der Waals surface area contributed by atoms with E-state index in [-0.39, 0.29) is 35.5 Å². The number of carbonyl (C=O) groups excluding carboxylic acids is 2. The number of halogens is 3. The molecule has 200 valence electrons. The minimum atomic E-state index is -4.76. The monoisotopic (exact) mass is 527 g/mol. The zero-order chi connectivity index (χ0) is 26.8. The third-order valence-corrected chi connectivity index (χ3v) is 7.35. The van der Waals surface area contributed by atoms with Crippen LogP contribution in [0.1, 0.15) is 19.3 Å². The second-order valence-electron chi connectivity index (χ2n) is 9.82. The van der Waals surface area contributed by atoms with Gasteiger partial charge in [-0.3, -0.25) is 4.79 Å². The third-order valence-electron chi connectivity index (χ3n) is 7.35. The number of alkyl halides is 3. The molecule has 3 aromatic rings. The fraction of sp³-hybridized carbons (Fsp3) is 0.357. The molecule has 0 bridgehead atoms. The lowest BCUT2D eigenvalue weighted by atomic mass is 9.78. The Bertz CT molecular complexity index is 1300. The number of anilines is 1. The van der Waals surface area contributed by atoms with Crippen molar-refractivity contribution in [1.29, 1.82) is 0 Å². The Labute approximate surface area is 218 Å². The van der Waals surface area contributed by atoms with Crippen molar-refractivity contribution in [3.8, 4) is 11.5 Å². The van der Waals surface area contributed by atoms with Crippen molar-refractivity contribution in [2.45, 2.75) is 25.6 Å². The second kappa shape index (κ2) is 10.4. The van der Waals surface area contributed by atoms with Gasteiger partial charge in [-0.2, -0.15) is 0 Å². The largest absolute Gasteiger partial charge is 0.573 e. The molecular weight excluding hydrogens is 499 g/mol.